The maximum absolute atomic E-state index is 12.8. The summed E-state index contributed by atoms with van der Waals surface area (Å²) >= 11 is 0. The molecule has 2 rings (SSSR count). The molecule has 0 radical (unpaired) electrons. The molecule has 1 saturated heterocycles. The first-order valence-electron chi connectivity index (χ1n) is 7.48. The molecule has 21 heavy (non-hydrogen) atoms. The minimum atomic E-state index is -0.845. The van der Waals surface area contributed by atoms with Crippen molar-refractivity contribution in [3.05, 3.63) is 30.3 Å². The predicted molar refractivity (Wildman–Crippen MR) is 81.5 cm³/mol. The number of carbonyl (C=O) groups excluding carboxylic acids is 1. The molecule has 0 aromatic heterocycles. The highest BCUT2D eigenvalue weighted by molar-refractivity contribution is 5.92. The Kier molecular flexibility index (Phi) is 5.20. The second kappa shape index (κ2) is 7.11. The molecule has 1 atom stereocenters. The predicted octanol–water partition coefficient (Wildman–Crippen LogP) is 2.96. The fourth-order valence-electron chi connectivity index (χ4n) is 2.86. The van der Waals surface area contributed by atoms with Crippen molar-refractivity contribution >= 4 is 17.7 Å². The zero-order valence-electron chi connectivity index (χ0n) is 12.4. The summed E-state index contributed by atoms with van der Waals surface area (Å²) in [5.74, 6) is -0.845. The van der Waals surface area contributed by atoms with Gasteiger partial charge in [-0.05, 0) is 38.3 Å². The van der Waals surface area contributed by atoms with Crippen LogP contribution in [0, 0.1) is 0 Å². The monoisotopic (exact) mass is 290 g/mol. The quantitative estimate of drug-likeness (QED) is 0.927. The number of carboxylic acids is 1. The second-order valence-corrected chi connectivity index (χ2v) is 5.30. The zero-order chi connectivity index (χ0) is 15.2. The Labute approximate surface area is 125 Å². The fraction of sp³-hybridized carbons (Fsp3) is 0.500. The summed E-state index contributed by atoms with van der Waals surface area (Å²) in [6.45, 7) is 3.14. The van der Waals surface area contributed by atoms with Gasteiger partial charge < -0.3 is 10.0 Å². The van der Waals surface area contributed by atoms with Crippen LogP contribution in [0.25, 0.3) is 0 Å². The number of likely N-dealkylation sites (tertiary alicyclic amines) is 1. The molecule has 1 fully saturated rings. The van der Waals surface area contributed by atoms with E-state index in [9.17, 15) is 9.59 Å². The molecular weight excluding hydrogens is 268 g/mol. The number of benzene rings is 1. The number of aliphatic carboxylic acids is 1. The lowest BCUT2D eigenvalue weighted by atomic mass is 10.00. The molecule has 0 bridgehead atoms. The maximum Gasteiger partial charge on any atom is 0.324 e. The third kappa shape index (κ3) is 3.74. The lowest BCUT2D eigenvalue weighted by Gasteiger charge is -2.38. The highest BCUT2D eigenvalue weighted by Crippen LogP contribution is 2.23. The van der Waals surface area contributed by atoms with E-state index in [2.05, 4.69) is 0 Å². The van der Waals surface area contributed by atoms with Gasteiger partial charge in [-0.1, -0.05) is 18.2 Å². The molecule has 0 spiro atoms. The number of anilines is 1. The third-order valence-electron chi connectivity index (χ3n) is 3.90. The topological polar surface area (TPSA) is 60.9 Å². The van der Waals surface area contributed by atoms with Gasteiger partial charge in [0, 0.05) is 24.8 Å². The second-order valence-electron chi connectivity index (χ2n) is 5.30. The number of carboxylic acid groups (broad SMARTS) is 1. The molecular formula is C16H22N2O3. The maximum atomic E-state index is 12.8. The van der Waals surface area contributed by atoms with Gasteiger partial charge in [0.1, 0.15) is 0 Å². The SMILES string of the molecule is CCN(C(=O)N1CCCCC1CC(=O)O)c1ccccc1. The van der Waals surface area contributed by atoms with E-state index in [0.717, 1.165) is 24.9 Å². The number of rotatable bonds is 4. The van der Waals surface area contributed by atoms with Gasteiger partial charge in [0.05, 0.1) is 6.42 Å². The number of hydrogen-bond acceptors (Lipinski definition) is 2. The Hall–Kier alpha value is -2.04. The van der Waals surface area contributed by atoms with Crippen LogP contribution in [0.2, 0.25) is 0 Å². The lowest BCUT2D eigenvalue weighted by Crippen LogP contribution is -2.51. The molecule has 0 saturated carbocycles. The average Bonchev–Trinajstić information content (AvgIpc) is 2.49. The fourth-order valence-corrected chi connectivity index (χ4v) is 2.86. The van der Waals surface area contributed by atoms with Crippen LogP contribution in [0.5, 0.6) is 0 Å². The van der Waals surface area contributed by atoms with Crippen LogP contribution in [-0.4, -0.2) is 41.1 Å². The highest BCUT2D eigenvalue weighted by atomic mass is 16.4. The summed E-state index contributed by atoms with van der Waals surface area (Å²) in [6, 6.07) is 9.23. The van der Waals surface area contributed by atoms with Crippen molar-refractivity contribution in [2.24, 2.45) is 0 Å². The first kappa shape index (κ1) is 15.4. The van der Waals surface area contributed by atoms with Crippen molar-refractivity contribution in [3.8, 4) is 0 Å². The van der Waals surface area contributed by atoms with Gasteiger partial charge in [-0.25, -0.2) is 4.79 Å². The molecule has 1 aliphatic heterocycles. The van der Waals surface area contributed by atoms with Crippen LogP contribution < -0.4 is 4.90 Å². The molecule has 1 aromatic carbocycles. The van der Waals surface area contributed by atoms with Gasteiger partial charge in [-0.15, -0.1) is 0 Å². The van der Waals surface area contributed by atoms with Crippen LogP contribution in [0.4, 0.5) is 10.5 Å². The largest absolute Gasteiger partial charge is 0.481 e. The third-order valence-corrected chi connectivity index (χ3v) is 3.90. The van der Waals surface area contributed by atoms with Crippen molar-refractivity contribution < 1.29 is 14.7 Å². The van der Waals surface area contributed by atoms with E-state index in [0.29, 0.717) is 13.1 Å². The summed E-state index contributed by atoms with van der Waals surface area (Å²) in [4.78, 5) is 27.2. The van der Waals surface area contributed by atoms with Gasteiger partial charge in [0.2, 0.25) is 0 Å². The summed E-state index contributed by atoms with van der Waals surface area (Å²) in [5.41, 5.74) is 0.852. The highest BCUT2D eigenvalue weighted by Gasteiger charge is 2.31. The minimum Gasteiger partial charge on any atom is -0.481 e. The zero-order valence-corrected chi connectivity index (χ0v) is 12.4. The van der Waals surface area contributed by atoms with Crippen LogP contribution in [0.1, 0.15) is 32.6 Å². The first-order chi connectivity index (χ1) is 10.1. The van der Waals surface area contributed by atoms with Crippen molar-refractivity contribution in [1.82, 2.24) is 4.90 Å². The van der Waals surface area contributed by atoms with Gasteiger partial charge in [0.25, 0.3) is 0 Å². The van der Waals surface area contributed by atoms with Crippen LogP contribution in [0.15, 0.2) is 30.3 Å². The van der Waals surface area contributed by atoms with E-state index < -0.39 is 5.97 Å². The van der Waals surface area contributed by atoms with Crippen LogP contribution >= 0.6 is 0 Å². The molecule has 0 aliphatic carbocycles. The first-order valence-corrected chi connectivity index (χ1v) is 7.48. The molecule has 1 unspecified atom stereocenters. The smallest absolute Gasteiger partial charge is 0.324 e. The molecule has 5 heteroatoms. The Balaban J connectivity index is 2.16. The average molecular weight is 290 g/mol. The Morgan fingerprint density at radius 3 is 2.62 bits per heavy atom. The van der Waals surface area contributed by atoms with Gasteiger partial charge in [-0.2, -0.15) is 0 Å². The summed E-state index contributed by atoms with van der Waals surface area (Å²) in [6.07, 6.45) is 2.72. The Morgan fingerprint density at radius 1 is 1.29 bits per heavy atom. The van der Waals surface area contributed by atoms with Crippen molar-refractivity contribution in [2.75, 3.05) is 18.0 Å². The number of piperidine rings is 1. The van der Waals surface area contributed by atoms with Gasteiger partial charge >= 0.3 is 12.0 Å². The van der Waals surface area contributed by atoms with Crippen LogP contribution in [-0.2, 0) is 4.79 Å². The molecule has 114 valence electrons. The van der Waals surface area contributed by atoms with E-state index in [-0.39, 0.29) is 18.5 Å². The number of amides is 2. The molecule has 1 heterocycles. The summed E-state index contributed by atoms with van der Waals surface area (Å²) < 4.78 is 0. The Morgan fingerprint density at radius 2 is 2.00 bits per heavy atom. The van der Waals surface area contributed by atoms with E-state index in [1.54, 1.807) is 9.80 Å². The molecule has 1 aromatic rings. The summed E-state index contributed by atoms with van der Waals surface area (Å²) in [7, 11) is 0. The Bertz CT molecular complexity index is 490. The standard InChI is InChI=1S/C16H22N2O3/c1-2-17(13-8-4-3-5-9-13)16(21)18-11-7-6-10-14(18)12-15(19)20/h3-5,8-9,14H,2,6-7,10-12H2,1H3,(H,19,20). The number of urea groups is 1. The normalized spacial score (nSPS) is 18.3. The van der Waals surface area contributed by atoms with Gasteiger partial charge in [-0.3, -0.25) is 9.69 Å². The number of nitrogens with zero attached hydrogens (tertiary/aromatic N) is 2. The number of hydrogen-bond donors (Lipinski definition) is 1. The van der Waals surface area contributed by atoms with Gasteiger partial charge in [0.15, 0.2) is 0 Å². The molecule has 2 amide bonds. The number of carbonyl (C=O) groups is 2. The van der Waals surface area contributed by atoms with Crippen molar-refractivity contribution in [2.45, 2.75) is 38.6 Å². The van der Waals surface area contributed by atoms with Crippen molar-refractivity contribution in [1.29, 1.82) is 0 Å². The van der Waals surface area contributed by atoms with E-state index in [4.69, 9.17) is 5.11 Å². The van der Waals surface area contributed by atoms with Crippen molar-refractivity contribution in [3.63, 3.8) is 0 Å². The minimum absolute atomic E-state index is 0.0259. The molecule has 1 aliphatic rings. The van der Waals surface area contributed by atoms with E-state index in [1.165, 1.54) is 0 Å². The molecule has 5 nitrogen and oxygen atoms in total. The number of para-hydroxylation sites is 1. The summed E-state index contributed by atoms with van der Waals surface area (Å²) in [5, 5.41) is 9.03. The molecule has 1 N–H and O–H groups in total. The lowest BCUT2D eigenvalue weighted by molar-refractivity contribution is -0.138. The van der Waals surface area contributed by atoms with Crippen LogP contribution in [0.3, 0.4) is 0 Å². The van der Waals surface area contributed by atoms with E-state index >= 15 is 0 Å². The van der Waals surface area contributed by atoms with E-state index in [1.807, 2.05) is 37.3 Å².